The van der Waals surface area contributed by atoms with Gasteiger partial charge in [0, 0.05) is 11.3 Å². The summed E-state index contributed by atoms with van der Waals surface area (Å²) in [6.07, 6.45) is 1.11. The molecule has 0 radical (unpaired) electrons. The van der Waals surface area contributed by atoms with Crippen LogP contribution in [0.3, 0.4) is 0 Å². The van der Waals surface area contributed by atoms with Gasteiger partial charge in [0.05, 0.1) is 4.91 Å². The number of nitrogens with zero attached hydrogens (tertiary/aromatic N) is 1. The van der Waals surface area contributed by atoms with Crippen molar-refractivity contribution >= 4 is 63.6 Å². The Morgan fingerprint density at radius 1 is 1.41 bits per heavy atom. The standard InChI is InChI=1S/C13H11NO5S3/c15-10(16)4-3-8(12(18)19)14-11(17)9(22-13(14)20)6-7-2-1-5-21-7/h1-2,5-6,8H,3-4H2,(H,15,16)(H,18,19)/b9-6+. The summed E-state index contributed by atoms with van der Waals surface area (Å²) >= 11 is 7.56. The number of carboxylic acid groups (broad SMARTS) is 2. The number of thioether (sulfide) groups is 1. The lowest BCUT2D eigenvalue weighted by atomic mass is 10.1. The van der Waals surface area contributed by atoms with Crippen LogP contribution in [0.2, 0.25) is 0 Å². The number of carboxylic acids is 2. The quantitative estimate of drug-likeness (QED) is 0.595. The van der Waals surface area contributed by atoms with Crippen molar-refractivity contribution in [1.29, 1.82) is 0 Å². The highest BCUT2D eigenvalue weighted by Gasteiger charge is 2.40. The maximum Gasteiger partial charge on any atom is 0.326 e. The predicted molar refractivity (Wildman–Crippen MR) is 87.6 cm³/mol. The number of rotatable bonds is 6. The van der Waals surface area contributed by atoms with Gasteiger partial charge in [-0.2, -0.15) is 0 Å². The highest BCUT2D eigenvalue weighted by Crippen LogP contribution is 2.35. The molecular formula is C13H11NO5S3. The summed E-state index contributed by atoms with van der Waals surface area (Å²) in [4.78, 5) is 36.5. The fourth-order valence-corrected chi connectivity index (χ4v) is 3.95. The van der Waals surface area contributed by atoms with Gasteiger partial charge in [0.15, 0.2) is 0 Å². The SMILES string of the molecule is O=C(O)CCC(C(=O)O)N1C(=O)/C(=C\c2cccs2)SC1=S. The molecule has 0 aliphatic carbocycles. The van der Waals surface area contributed by atoms with Gasteiger partial charge in [-0.25, -0.2) is 4.79 Å². The maximum atomic E-state index is 12.4. The molecule has 0 aromatic carbocycles. The summed E-state index contributed by atoms with van der Waals surface area (Å²) in [5, 5.41) is 19.8. The lowest BCUT2D eigenvalue weighted by Crippen LogP contribution is -2.44. The summed E-state index contributed by atoms with van der Waals surface area (Å²) < 4.78 is 0.130. The summed E-state index contributed by atoms with van der Waals surface area (Å²) in [6.45, 7) is 0. The highest BCUT2D eigenvalue weighted by molar-refractivity contribution is 8.26. The molecule has 1 fully saturated rings. The molecule has 116 valence electrons. The Morgan fingerprint density at radius 3 is 2.68 bits per heavy atom. The van der Waals surface area contributed by atoms with E-state index in [1.54, 1.807) is 6.08 Å². The van der Waals surface area contributed by atoms with Gasteiger partial charge in [0.1, 0.15) is 10.4 Å². The molecule has 9 heteroatoms. The number of carbonyl (C=O) groups excluding carboxylic acids is 1. The molecule has 2 heterocycles. The summed E-state index contributed by atoms with van der Waals surface area (Å²) in [5.41, 5.74) is 0. The van der Waals surface area contributed by atoms with Gasteiger partial charge in [-0.1, -0.05) is 30.0 Å². The maximum absolute atomic E-state index is 12.4. The zero-order valence-corrected chi connectivity index (χ0v) is 13.5. The Labute approximate surface area is 139 Å². The molecule has 1 aromatic rings. The molecule has 2 rings (SSSR count). The zero-order valence-electron chi connectivity index (χ0n) is 11.1. The Kier molecular flexibility index (Phi) is 5.33. The van der Waals surface area contributed by atoms with E-state index in [2.05, 4.69) is 0 Å². The van der Waals surface area contributed by atoms with Crippen LogP contribution < -0.4 is 0 Å². The first-order valence-corrected chi connectivity index (χ1v) is 8.25. The molecule has 1 saturated heterocycles. The number of amides is 1. The first kappa shape index (κ1) is 16.7. The van der Waals surface area contributed by atoms with Gasteiger partial charge in [0.25, 0.3) is 5.91 Å². The van der Waals surface area contributed by atoms with Crippen molar-refractivity contribution in [3.05, 3.63) is 27.3 Å². The van der Waals surface area contributed by atoms with E-state index in [1.807, 2.05) is 17.5 Å². The summed E-state index contributed by atoms with van der Waals surface area (Å²) in [7, 11) is 0. The Morgan fingerprint density at radius 2 is 2.14 bits per heavy atom. The van der Waals surface area contributed by atoms with Crippen molar-refractivity contribution in [2.24, 2.45) is 0 Å². The molecule has 0 saturated carbocycles. The molecule has 1 aromatic heterocycles. The lowest BCUT2D eigenvalue weighted by molar-refractivity contribution is -0.146. The largest absolute Gasteiger partial charge is 0.481 e. The second kappa shape index (κ2) is 7.03. The van der Waals surface area contributed by atoms with Crippen LogP contribution in [0.25, 0.3) is 6.08 Å². The molecule has 1 aliphatic rings. The van der Waals surface area contributed by atoms with Crippen LogP contribution in [0.15, 0.2) is 22.4 Å². The minimum atomic E-state index is -1.27. The van der Waals surface area contributed by atoms with Gasteiger partial charge < -0.3 is 10.2 Å². The summed E-state index contributed by atoms with van der Waals surface area (Å²) in [6, 6.07) is 2.40. The number of hydrogen-bond acceptors (Lipinski definition) is 6. The van der Waals surface area contributed by atoms with Gasteiger partial charge >= 0.3 is 11.9 Å². The van der Waals surface area contributed by atoms with Crippen molar-refractivity contribution in [2.45, 2.75) is 18.9 Å². The normalized spacial score (nSPS) is 18.0. The molecule has 22 heavy (non-hydrogen) atoms. The van der Waals surface area contributed by atoms with Crippen LogP contribution in [-0.4, -0.2) is 43.3 Å². The van der Waals surface area contributed by atoms with E-state index < -0.39 is 23.9 Å². The van der Waals surface area contributed by atoms with E-state index in [0.717, 1.165) is 21.5 Å². The molecule has 2 N–H and O–H groups in total. The van der Waals surface area contributed by atoms with E-state index in [1.165, 1.54) is 11.3 Å². The monoisotopic (exact) mass is 357 g/mol. The number of aliphatic carboxylic acids is 2. The Balaban J connectivity index is 2.22. The van der Waals surface area contributed by atoms with Crippen LogP contribution in [-0.2, 0) is 14.4 Å². The third-order valence-electron chi connectivity index (χ3n) is 2.87. The van der Waals surface area contributed by atoms with Crippen LogP contribution in [0, 0.1) is 0 Å². The van der Waals surface area contributed by atoms with E-state index in [9.17, 15) is 19.5 Å². The van der Waals surface area contributed by atoms with Crippen LogP contribution >= 0.6 is 35.3 Å². The Hall–Kier alpha value is -1.71. The lowest BCUT2D eigenvalue weighted by Gasteiger charge is -2.22. The van der Waals surface area contributed by atoms with Crippen molar-refractivity contribution in [2.75, 3.05) is 0 Å². The highest BCUT2D eigenvalue weighted by atomic mass is 32.2. The molecule has 1 aliphatic heterocycles. The van der Waals surface area contributed by atoms with Crippen molar-refractivity contribution < 1.29 is 24.6 Å². The molecule has 1 unspecified atom stereocenters. The molecule has 1 atom stereocenters. The number of thiophene rings is 1. The average Bonchev–Trinajstić information content (AvgIpc) is 3.02. The van der Waals surface area contributed by atoms with Crippen LogP contribution in [0.1, 0.15) is 17.7 Å². The Bertz CT molecular complexity index is 653. The average molecular weight is 357 g/mol. The first-order chi connectivity index (χ1) is 10.4. The summed E-state index contributed by atoms with van der Waals surface area (Å²) in [5.74, 6) is -2.89. The minimum Gasteiger partial charge on any atom is -0.481 e. The molecular weight excluding hydrogens is 346 g/mol. The number of hydrogen-bond donors (Lipinski definition) is 2. The fraction of sp³-hybridized carbons (Fsp3) is 0.231. The van der Waals surface area contributed by atoms with E-state index in [-0.39, 0.29) is 17.2 Å². The molecule has 1 amide bonds. The van der Waals surface area contributed by atoms with Gasteiger partial charge in [0.2, 0.25) is 0 Å². The molecule has 6 nitrogen and oxygen atoms in total. The van der Waals surface area contributed by atoms with Crippen molar-refractivity contribution in [1.82, 2.24) is 4.90 Å². The first-order valence-electron chi connectivity index (χ1n) is 6.15. The fourth-order valence-electron chi connectivity index (χ4n) is 1.87. The van der Waals surface area contributed by atoms with E-state index >= 15 is 0 Å². The third kappa shape index (κ3) is 3.73. The van der Waals surface area contributed by atoms with Crippen LogP contribution in [0.4, 0.5) is 0 Å². The second-order valence-electron chi connectivity index (χ2n) is 4.35. The van der Waals surface area contributed by atoms with E-state index in [0.29, 0.717) is 4.91 Å². The second-order valence-corrected chi connectivity index (χ2v) is 7.01. The molecule has 0 bridgehead atoms. The minimum absolute atomic E-state index is 0.130. The van der Waals surface area contributed by atoms with Gasteiger partial charge in [-0.15, -0.1) is 11.3 Å². The van der Waals surface area contributed by atoms with Crippen molar-refractivity contribution in [3.8, 4) is 0 Å². The van der Waals surface area contributed by atoms with Gasteiger partial charge in [-0.05, 0) is 23.9 Å². The van der Waals surface area contributed by atoms with Crippen molar-refractivity contribution in [3.63, 3.8) is 0 Å². The van der Waals surface area contributed by atoms with Gasteiger partial charge in [-0.3, -0.25) is 14.5 Å². The zero-order chi connectivity index (χ0) is 16.3. The molecule has 0 spiro atoms. The van der Waals surface area contributed by atoms with E-state index in [4.69, 9.17) is 17.3 Å². The smallest absolute Gasteiger partial charge is 0.326 e. The third-order valence-corrected chi connectivity index (χ3v) is 5.02. The topological polar surface area (TPSA) is 94.9 Å². The number of thiocarbonyl (C=S) groups is 1. The predicted octanol–water partition coefficient (Wildman–Crippen LogP) is 2.27. The number of carbonyl (C=O) groups is 3. The van der Waals surface area contributed by atoms with Crippen LogP contribution in [0.5, 0.6) is 0 Å².